The van der Waals surface area contributed by atoms with Crippen LogP contribution in [-0.2, 0) is 21.3 Å². The van der Waals surface area contributed by atoms with E-state index in [4.69, 9.17) is 4.42 Å². The van der Waals surface area contributed by atoms with Gasteiger partial charge in [0.15, 0.2) is 15.6 Å². The molecule has 0 saturated carbocycles. The van der Waals surface area contributed by atoms with Crippen LogP contribution >= 0.6 is 11.8 Å². The van der Waals surface area contributed by atoms with Crippen molar-refractivity contribution in [2.45, 2.75) is 16.4 Å². The minimum absolute atomic E-state index is 0.117. The molecule has 0 bridgehead atoms. The SMILES string of the molecule is O=C(NCCSCc1ccccc1)c1ccc(CS(=O)(=O)c2ccccc2)o1. The molecular weight excluding hydrogens is 394 g/mol. The third-order valence-corrected chi connectivity index (χ3v) is 6.65. The lowest BCUT2D eigenvalue weighted by Gasteiger charge is -2.04. The molecule has 1 amide bonds. The molecule has 1 aromatic heterocycles. The van der Waals surface area contributed by atoms with Gasteiger partial charge < -0.3 is 9.73 Å². The highest BCUT2D eigenvalue weighted by Gasteiger charge is 2.19. The molecule has 3 aromatic rings. The maximum absolute atomic E-state index is 12.4. The zero-order valence-electron chi connectivity index (χ0n) is 15.2. The second-order valence-electron chi connectivity index (χ2n) is 6.13. The predicted molar refractivity (Wildman–Crippen MR) is 111 cm³/mol. The molecule has 0 radical (unpaired) electrons. The molecule has 0 aliphatic carbocycles. The van der Waals surface area contributed by atoms with Crippen molar-refractivity contribution in [3.63, 3.8) is 0 Å². The van der Waals surface area contributed by atoms with Gasteiger partial charge in [0.05, 0.1) is 4.90 Å². The lowest BCUT2D eigenvalue weighted by molar-refractivity contribution is 0.0927. The van der Waals surface area contributed by atoms with Crippen LogP contribution in [0.5, 0.6) is 0 Å². The van der Waals surface area contributed by atoms with Crippen LogP contribution in [0.25, 0.3) is 0 Å². The summed E-state index contributed by atoms with van der Waals surface area (Å²) in [5.41, 5.74) is 1.24. The van der Waals surface area contributed by atoms with Gasteiger partial charge in [-0.3, -0.25) is 4.79 Å². The monoisotopic (exact) mass is 415 g/mol. The number of hydrogen-bond acceptors (Lipinski definition) is 5. The number of furan rings is 1. The maximum Gasteiger partial charge on any atom is 0.287 e. The van der Waals surface area contributed by atoms with Gasteiger partial charge in [-0.15, -0.1) is 0 Å². The molecule has 0 aliphatic heterocycles. The second kappa shape index (κ2) is 9.61. The highest BCUT2D eigenvalue weighted by atomic mass is 32.2. The number of hydrogen-bond donors (Lipinski definition) is 1. The van der Waals surface area contributed by atoms with Gasteiger partial charge in [-0.05, 0) is 29.8 Å². The first-order chi connectivity index (χ1) is 13.5. The fourth-order valence-electron chi connectivity index (χ4n) is 2.56. The van der Waals surface area contributed by atoms with Crippen molar-refractivity contribution < 1.29 is 17.6 Å². The van der Waals surface area contributed by atoms with E-state index in [1.807, 2.05) is 18.2 Å². The standard InChI is InChI=1S/C21H21NO4S2/c23-21(22-13-14-27-15-17-7-3-1-4-8-17)20-12-11-18(26-20)16-28(24,25)19-9-5-2-6-10-19/h1-12H,13-16H2,(H,22,23). The van der Waals surface area contributed by atoms with Crippen LogP contribution in [0.15, 0.2) is 82.1 Å². The van der Waals surface area contributed by atoms with Gasteiger partial charge in [-0.1, -0.05) is 48.5 Å². The third-order valence-electron chi connectivity index (χ3n) is 3.96. The number of thioether (sulfide) groups is 1. The second-order valence-corrected chi connectivity index (χ2v) is 9.23. The van der Waals surface area contributed by atoms with Crippen LogP contribution in [0, 0.1) is 0 Å². The van der Waals surface area contributed by atoms with Gasteiger partial charge in [0, 0.05) is 18.1 Å². The molecule has 0 unspecified atom stereocenters. The zero-order chi connectivity index (χ0) is 19.8. The molecule has 1 heterocycles. The molecule has 0 fully saturated rings. The number of rotatable bonds is 9. The van der Waals surface area contributed by atoms with Crippen LogP contribution in [0.1, 0.15) is 21.9 Å². The summed E-state index contributed by atoms with van der Waals surface area (Å²) in [6.45, 7) is 0.509. The number of amides is 1. The summed E-state index contributed by atoms with van der Waals surface area (Å²) in [6.07, 6.45) is 0. The normalized spacial score (nSPS) is 11.3. The van der Waals surface area contributed by atoms with E-state index in [9.17, 15) is 13.2 Å². The Kier molecular flexibility index (Phi) is 6.95. The minimum atomic E-state index is -3.51. The molecule has 3 rings (SSSR count). The summed E-state index contributed by atoms with van der Waals surface area (Å²) in [4.78, 5) is 12.4. The van der Waals surface area contributed by atoms with E-state index in [0.29, 0.717) is 6.54 Å². The summed E-state index contributed by atoms with van der Waals surface area (Å²) < 4.78 is 30.2. The summed E-state index contributed by atoms with van der Waals surface area (Å²) in [5.74, 6) is 1.40. The molecule has 1 N–H and O–H groups in total. The Bertz CT molecular complexity index is 999. The van der Waals surface area contributed by atoms with Crippen LogP contribution in [0.3, 0.4) is 0 Å². The lowest BCUT2D eigenvalue weighted by Crippen LogP contribution is -2.25. The highest BCUT2D eigenvalue weighted by molar-refractivity contribution is 7.98. The Balaban J connectivity index is 1.46. The molecule has 7 heteroatoms. The Morgan fingerprint density at radius 3 is 2.32 bits per heavy atom. The van der Waals surface area contributed by atoms with E-state index in [2.05, 4.69) is 17.4 Å². The number of nitrogens with one attached hydrogen (secondary N) is 1. The van der Waals surface area contributed by atoms with E-state index in [-0.39, 0.29) is 28.1 Å². The molecular formula is C21H21NO4S2. The van der Waals surface area contributed by atoms with Crippen molar-refractivity contribution in [1.29, 1.82) is 0 Å². The number of carbonyl (C=O) groups is 1. The molecule has 0 spiro atoms. The van der Waals surface area contributed by atoms with Crippen molar-refractivity contribution in [2.75, 3.05) is 12.3 Å². The summed E-state index contributed by atoms with van der Waals surface area (Å²) in [6, 6.07) is 21.3. The van der Waals surface area contributed by atoms with Crippen molar-refractivity contribution in [3.8, 4) is 0 Å². The van der Waals surface area contributed by atoms with E-state index in [1.54, 1.807) is 42.1 Å². The first-order valence-electron chi connectivity index (χ1n) is 8.81. The Hall–Kier alpha value is -2.51. The minimum Gasteiger partial charge on any atom is -0.455 e. The summed E-state index contributed by atoms with van der Waals surface area (Å²) >= 11 is 1.73. The molecule has 0 atom stereocenters. The molecule has 0 aliphatic rings. The molecule has 5 nitrogen and oxygen atoms in total. The zero-order valence-corrected chi connectivity index (χ0v) is 16.8. The predicted octanol–water partition coefficient (Wildman–Crippen LogP) is 3.92. The van der Waals surface area contributed by atoms with Crippen LogP contribution in [0.4, 0.5) is 0 Å². The van der Waals surface area contributed by atoms with Gasteiger partial charge in [0.1, 0.15) is 11.5 Å². The van der Waals surface area contributed by atoms with E-state index < -0.39 is 9.84 Å². The van der Waals surface area contributed by atoms with E-state index in [0.717, 1.165) is 11.5 Å². The highest BCUT2D eigenvalue weighted by Crippen LogP contribution is 2.18. The number of sulfone groups is 1. The first-order valence-corrected chi connectivity index (χ1v) is 11.6. The van der Waals surface area contributed by atoms with Gasteiger partial charge in [-0.25, -0.2) is 8.42 Å². The molecule has 146 valence electrons. The average molecular weight is 416 g/mol. The first kappa shape index (κ1) is 20.2. The average Bonchev–Trinajstić information content (AvgIpc) is 3.17. The Morgan fingerprint density at radius 1 is 0.929 bits per heavy atom. The van der Waals surface area contributed by atoms with Crippen LogP contribution in [0.2, 0.25) is 0 Å². The van der Waals surface area contributed by atoms with Crippen LogP contribution < -0.4 is 5.32 Å². The fourth-order valence-corrected chi connectivity index (χ4v) is 4.65. The van der Waals surface area contributed by atoms with E-state index >= 15 is 0 Å². The van der Waals surface area contributed by atoms with Gasteiger partial charge in [-0.2, -0.15) is 11.8 Å². The van der Waals surface area contributed by atoms with Gasteiger partial charge >= 0.3 is 0 Å². The summed E-state index contributed by atoms with van der Waals surface area (Å²) in [5, 5.41) is 2.79. The molecule has 0 saturated heterocycles. The largest absolute Gasteiger partial charge is 0.455 e. The number of benzene rings is 2. The Labute approximate surface area is 169 Å². The van der Waals surface area contributed by atoms with Crippen molar-refractivity contribution >= 4 is 27.5 Å². The topological polar surface area (TPSA) is 76.4 Å². The van der Waals surface area contributed by atoms with Gasteiger partial charge in [0.25, 0.3) is 5.91 Å². The fraction of sp³-hybridized carbons (Fsp3) is 0.190. The van der Waals surface area contributed by atoms with E-state index in [1.165, 1.54) is 17.7 Å². The Morgan fingerprint density at radius 2 is 1.61 bits per heavy atom. The molecule has 2 aromatic carbocycles. The number of carbonyl (C=O) groups excluding carboxylic acids is 1. The third kappa shape index (κ3) is 5.74. The smallest absolute Gasteiger partial charge is 0.287 e. The molecule has 28 heavy (non-hydrogen) atoms. The quantitative estimate of drug-likeness (QED) is 0.536. The van der Waals surface area contributed by atoms with Crippen LogP contribution in [-0.4, -0.2) is 26.6 Å². The van der Waals surface area contributed by atoms with Crippen molar-refractivity contribution in [2.24, 2.45) is 0 Å². The van der Waals surface area contributed by atoms with Crippen molar-refractivity contribution in [3.05, 3.63) is 89.9 Å². The van der Waals surface area contributed by atoms with Gasteiger partial charge in [0.2, 0.25) is 0 Å². The summed E-state index contributed by atoms with van der Waals surface area (Å²) in [7, 11) is -3.51. The maximum atomic E-state index is 12.4. The van der Waals surface area contributed by atoms with Crippen molar-refractivity contribution in [1.82, 2.24) is 5.32 Å². The lowest BCUT2D eigenvalue weighted by atomic mass is 10.2.